The molecule has 1 fully saturated rings. The largest absolute Gasteiger partial charge is 0.395 e. The molecule has 0 aromatic heterocycles. The Morgan fingerprint density at radius 1 is 1.52 bits per heavy atom. The van der Waals surface area contributed by atoms with Gasteiger partial charge in [-0.2, -0.15) is 0 Å². The van der Waals surface area contributed by atoms with E-state index in [9.17, 15) is 4.79 Å². The van der Waals surface area contributed by atoms with Crippen LogP contribution in [0.1, 0.15) is 28.8 Å². The number of aliphatic hydroxyl groups excluding tert-OH is 1. The molecular formula is C16H18ClNO3. The molecule has 1 heterocycles. The zero-order valence-electron chi connectivity index (χ0n) is 11.7. The van der Waals surface area contributed by atoms with Gasteiger partial charge in [-0.15, -0.1) is 0 Å². The minimum atomic E-state index is -0.140. The van der Waals surface area contributed by atoms with Crippen molar-refractivity contribution in [2.75, 3.05) is 26.4 Å². The van der Waals surface area contributed by atoms with E-state index < -0.39 is 0 Å². The van der Waals surface area contributed by atoms with Crippen LogP contribution in [0.4, 0.5) is 0 Å². The number of amides is 1. The summed E-state index contributed by atoms with van der Waals surface area (Å²) in [4.78, 5) is 12.0. The SMILES string of the molecule is O=C(NCC1CCOC1)c1ccc(C#CCCO)c(Cl)c1. The van der Waals surface area contributed by atoms with E-state index in [-0.39, 0.29) is 12.5 Å². The normalized spacial score (nSPS) is 17.1. The molecule has 2 rings (SSSR count). The first-order valence-corrected chi connectivity index (χ1v) is 7.33. The number of carbonyl (C=O) groups excluding carboxylic acids is 1. The number of hydrogen-bond acceptors (Lipinski definition) is 3. The molecule has 5 heteroatoms. The van der Waals surface area contributed by atoms with Crippen molar-refractivity contribution in [3.63, 3.8) is 0 Å². The summed E-state index contributed by atoms with van der Waals surface area (Å²) in [6.07, 6.45) is 1.39. The second-order valence-electron chi connectivity index (χ2n) is 4.91. The molecule has 1 aliphatic heterocycles. The van der Waals surface area contributed by atoms with Crippen LogP contribution in [0.5, 0.6) is 0 Å². The molecule has 21 heavy (non-hydrogen) atoms. The highest BCUT2D eigenvalue weighted by atomic mass is 35.5. The fraction of sp³-hybridized carbons (Fsp3) is 0.438. The second-order valence-corrected chi connectivity index (χ2v) is 5.32. The Bertz CT molecular complexity index is 556. The fourth-order valence-electron chi connectivity index (χ4n) is 2.05. The van der Waals surface area contributed by atoms with Crippen LogP contribution in [0.25, 0.3) is 0 Å². The van der Waals surface area contributed by atoms with Crippen LogP contribution in [0.15, 0.2) is 18.2 Å². The number of benzene rings is 1. The van der Waals surface area contributed by atoms with Crippen LogP contribution in [0.3, 0.4) is 0 Å². The van der Waals surface area contributed by atoms with Crippen molar-refractivity contribution < 1.29 is 14.6 Å². The Morgan fingerprint density at radius 3 is 3.05 bits per heavy atom. The van der Waals surface area contributed by atoms with Gasteiger partial charge in [-0.3, -0.25) is 4.79 Å². The van der Waals surface area contributed by atoms with E-state index in [1.54, 1.807) is 18.2 Å². The maximum atomic E-state index is 12.0. The molecule has 0 radical (unpaired) electrons. The molecule has 0 aliphatic carbocycles. The number of hydrogen-bond donors (Lipinski definition) is 2. The summed E-state index contributed by atoms with van der Waals surface area (Å²) in [6.45, 7) is 2.12. The molecule has 1 aliphatic rings. The molecule has 1 amide bonds. The van der Waals surface area contributed by atoms with Gasteiger partial charge >= 0.3 is 0 Å². The molecule has 1 unspecified atom stereocenters. The van der Waals surface area contributed by atoms with E-state index in [2.05, 4.69) is 17.2 Å². The zero-order valence-corrected chi connectivity index (χ0v) is 12.4. The number of carbonyl (C=O) groups is 1. The van der Waals surface area contributed by atoms with Crippen molar-refractivity contribution in [3.8, 4) is 11.8 Å². The highest BCUT2D eigenvalue weighted by molar-refractivity contribution is 6.32. The lowest BCUT2D eigenvalue weighted by Crippen LogP contribution is -2.29. The topological polar surface area (TPSA) is 58.6 Å². The lowest BCUT2D eigenvalue weighted by Gasteiger charge is -2.10. The maximum Gasteiger partial charge on any atom is 0.251 e. The minimum Gasteiger partial charge on any atom is -0.395 e. The van der Waals surface area contributed by atoms with E-state index in [4.69, 9.17) is 21.4 Å². The van der Waals surface area contributed by atoms with Gasteiger partial charge in [0.1, 0.15) is 0 Å². The first-order valence-electron chi connectivity index (χ1n) is 6.96. The average molecular weight is 308 g/mol. The number of ether oxygens (including phenoxy) is 1. The molecular weight excluding hydrogens is 290 g/mol. The summed E-state index contributed by atoms with van der Waals surface area (Å²) >= 11 is 6.11. The summed E-state index contributed by atoms with van der Waals surface area (Å²) in [5, 5.41) is 12.0. The molecule has 0 saturated carbocycles. The molecule has 0 bridgehead atoms. The van der Waals surface area contributed by atoms with Gasteiger partial charge in [0.25, 0.3) is 5.91 Å². The van der Waals surface area contributed by atoms with Gasteiger partial charge in [-0.05, 0) is 24.6 Å². The molecule has 0 spiro atoms. The monoisotopic (exact) mass is 307 g/mol. The lowest BCUT2D eigenvalue weighted by molar-refractivity contribution is 0.0945. The number of nitrogens with one attached hydrogen (secondary N) is 1. The predicted octanol–water partition coefficient (Wildman–Crippen LogP) is 1.84. The van der Waals surface area contributed by atoms with Crippen molar-refractivity contribution in [2.45, 2.75) is 12.8 Å². The zero-order chi connectivity index (χ0) is 15.1. The van der Waals surface area contributed by atoms with Crippen LogP contribution in [-0.4, -0.2) is 37.4 Å². The standard InChI is InChI=1S/C16H18ClNO3/c17-15-9-14(5-4-13(15)3-1-2-7-19)16(20)18-10-12-6-8-21-11-12/h4-5,9,12,19H,2,6-8,10-11H2,(H,18,20). The first-order chi connectivity index (χ1) is 10.2. The molecule has 1 aromatic carbocycles. The Balaban J connectivity index is 1.95. The maximum absolute atomic E-state index is 12.0. The number of aliphatic hydroxyl groups is 1. The molecule has 112 valence electrons. The van der Waals surface area contributed by atoms with Gasteiger partial charge in [-0.1, -0.05) is 23.4 Å². The van der Waals surface area contributed by atoms with Crippen LogP contribution in [-0.2, 0) is 4.74 Å². The van der Waals surface area contributed by atoms with Crippen LogP contribution in [0, 0.1) is 17.8 Å². The van der Waals surface area contributed by atoms with Crippen molar-refractivity contribution >= 4 is 17.5 Å². The van der Waals surface area contributed by atoms with Crippen molar-refractivity contribution in [2.24, 2.45) is 5.92 Å². The third-order valence-corrected chi connectivity index (χ3v) is 3.58. The van der Waals surface area contributed by atoms with Gasteiger partial charge in [0, 0.05) is 36.6 Å². The van der Waals surface area contributed by atoms with E-state index in [1.165, 1.54) is 0 Å². The Kier molecular flexibility index (Phi) is 6.06. The molecule has 1 saturated heterocycles. The molecule has 1 aromatic rings. The predicted molar refractivity (Wildman–Crippen MR) is 81.3 cm³/mol. The quantitative estimate of drug-likeness (QED) is 0.835. The minimum absolute atomic E-state index is 0.0238. The average Bonchev–Trinajstić information content (AvgIpc) is 3.00. The van der Waals surface area contributed by atoms with E-state index >= 15 is 0 Å². The highest BCUT2D eigenvalue weighted by Gasteiger charge is 2.17. The van der Waals surface area contributed by atoms with Crippen LogP contribution in [0.2, 0.25) is 5.02 Å². The van der Waals surface area contributed by atoms with Crippen molar-refractivity contribution in [1.29, 1.82) is 0 Å². The van der Waals surface area contributed by atoms with E-state index in [0.29, 0.717) is 41.6 Å². The van der Waals surface area contributed by atoms with Gasteiger partial charge in [-0.25, -0.2) is 0 Å². The number of halogens is 1. The third kappa shape index (κ3) is 4.75. The van der Waals surface area contributed by atoms with E-state index in [1.807, 2.05) is 0 Å². The second kappa shape index (κ2) is 8.04. The van der Waals surface area contributed by atoms with Crippen molar-refractivity contribution in [3.05, 3.63) is 34.3 Å². The van der Waals surface area contributed by atoms with Gasteiger partial charge in [0.15, 0.2) is 0 Å². The van der Waals surface area contributed by atoms with E-state index in [0.717, 1.165) is 13.0 Å². The summed E-state index contributed by atoms with van der Waals surface area (Å²) in [5.41, 5.74) is 1.18. The van der Waals surface area contributed by atoms with Crippen LogP contribution < -0.4 is 5.32 Å². The Morgan fingerprint density at radius 2 is 2.38 bits per heavy atom. The number of rotatable bonds is 4. The van der Waals surface area contributed by atoms with Gasteiger partial charge in [0.2, 0.25) is 0 Å². The third-order valence-electron chi connectivity index (χ3n) is 3.27. The molecule has 1 atom stereocenters. The summed E-state index contributed by atoms with van der Waals surface area (Å²) < 4.78 is 5.27. The molecule has 4 nitrogen and oxygen atoms in total. The smallest absolute Gasteiger partial charge is 0.251 e. The molecule has 2 N–H and O–H groups in total. The highest BCUT2D eigenvalue weighted by Crippen LogP contribution is 2.17. The van der Waals surface area contributed by atoms with Gasteiger partial charge in [0.05, 0.1) is 18.2 Å². The summed E-state index contributed by atoms with van der Waals surface area (Å²) in [7, 11) is 0. The Hall–Kier alpha value is -1.54. The van der Waals surface area contributed by atoms with Crippen molar-refractivity contribution in [1.82, 2.24) is 5.32 Å². The summed E-state index contributed by atoms with van der Waals surface area (Å²) in [5.74, 6) is 5.93. The summed E-state index contributed by atoms with van der Waals surface area (Å²) in [6, 6.07) is 5.04. The van der Waals surface area contributed by atoms with Gasteiger partial charge < -0.3 is 15.2 Å². The van der Waals surface area contributed by atoms with Crippen LogP contribution >= 0.6 is 11.6 Å². The Labute approximate surface area is 129 Å². The first kappa shape index (κ1) is 15.8. The fourth-order valence-corrected chi connectivity index (χ4v) is 2.28. The lowest BCUT2D eigenvalue weighted by atomic mass is 10.1.